The molecule has 2 heterocycles. The zero-order valence-corrected chi connectivity index (χ0v) is 14.2. The van der Waals surface area contributed by atoms with Gasteiger partial charge in [-0.15, -0.1) is 11.8 Å². The normalized spacial score (nSPS) is 10.5. The van der Waals surface area contributed by atoms with Crippen molar-refractivity contribution in [1.29, 1.82) is 0 Å². The second-order valence-corrected chi connectivity index (χ2v) is 6.45. The highest BCUT2D eigenvalue weighted by molar-refractivity contribution is 7.99. The Balaban J connectivity index is 1.47. The molecule has 0 spiro atoms. The summed E-state index contributed by atoms with van der Waals surface area (Å²) in [6.45, 7) is 0. The monoisotopic (exact) mass is 359 g/mol. The average molecular weight is 360 g/mol. The van der Waals surface area contributed by atoms with Crippen molar-refractivity contribution < 1.29 is 4.79 Å². The van der Waals surface area contributed by atoms with Crippen molar-refractivity contribution >= 4 is 35.0 Å². The first-order valence-electron chi connectivity index (χ1n) is 7.20. The first-order valence-corrected chi connectivity index (χ1v) is 8.56. The summed E-state index contributed by atoms with van der Waals surface area (Å²) in [5.41, 5.74) is 0.653. The number of hydrogen-bond acceptors (Lipinski definition) is 5. The van der Waals surface area contributed by atoms with E-state index < -0.39 is 0 Å². The molecular formula is C16H14ClN5OS. The van der Waals surface area contributed by atoms with Crippen LogP contribution in [-0.2, 0) is 4.79 Å². The number of anilines is 1. The van der Waals surface area contributed by atoms with E-state index >= 15 is 0 Å². The van der Waals surface area contributed by atoms with Gasteiger partial charge in [0.1, 0.15) is 12.7 Å². The number of nitrogens with one attached hydrogen (secondary N) is 1. The van der Waals surface area contributed by atoms with Gasteiger partial charge in [-0.05, 0) is 36.4 Å². The minimum absolute atomic E-state index is 0.0493. The predicted octanol–water partition coefficient (Wildman–Crippen LogP) is 3.44. The van der Waals surface area contributed by atoms with E-state index in [9.17, 15) is 4.79 Å². The van der Waals surface area contributed by atoms with Crippen molar-refractivity contribution in [3.05, 3.63) is 60.3 Å². The fourth-order valence-electron chi connectivity index (χ4n) is 1.94. The van der Waals surface area contributed by atoms with Crippen LogP contribution in [0.2, 0.25) is 5.02 Å². The van der Waals surface area contributed by atoms with Crippen molar-refractivity contribution in [1.82, 2.24) is 19.7 Å². The molecule has 3 rings (SSSR count). The Morgan fingerprint density at radius 1 is 1.21 bits per heavy atom. The zero-order valence-electron chi connectivity index (χ0n) is 12.6. The van der Waals surface area contributed by atoms with Gasteiger partial charge in [0.25, 0.3) is 0 Å². The molecule has 3 aromatic rings. The number of rotatable bonds is 6. The summed E-state index contributed by atoms with van der Waals surface area (Å²) in [4.78, 5) is 21.2. The molecule has 2 aromatic heterocycles. The van der Waals surface area contributed by atoms with Gasteiger partial charge >= 0.3 is 0 Å². The number of hydrogen-bond donors (Lipinski definition) is 1. The maximum absolute atomic E-state index is 12.0. The second kappa shape index (κ2) is 7.94. The van der Waals surface area contributed by atoms with Crippen molar-refractivity contribution in [2.45, 2.75) is 11.3 Å². The van der Waals surface area contributed by atoms with E-state index in [4.69, 9.17) is 11.6 Å². The van der Waals surface area contributed by atoms with Gasteiger partial charge in [0, 0.05) is 22.1 Å². The third-order valence-corrected chi connectivity index (χ3v) is 4.36. The van der Waals surface area contributed by atoms with Crippen molar-refractivity contribution in [2.75, 3.05) is 11.1 Å². The van der Waals surface area contributed by atoms with Crippen molar-refractivity contribution in [3.63, 3.8) is 0 Å². The zero-order chi connectivity index (χ0) is 16.8. The lowest BCUT2D eigenvalue weighted by atomic mass is 10.3. The third-order valence-electron chi connectivity index (χ3n) is 3.10. The van der Waals surface area contributed by atoms with Gasteiger partial charge < -0.3 is 5.32 Å². The number of aromatic nitrogens is 4. The van der Waals surface area contributed by atoms with E-state index in [0.717, 1.165) is 4.90 Å². The predicted molar refractivity (Wildman–Crippen MR) is 94.6 cm³/mol. The molecule has 0 aliphatic carbocycles. The van der Waals surface area contributed by atoms with Crippen LogP contribution in [-0.4, -0.2) is 31.4 Å². The number of pyridine rings is 1. The lowest BCUT2D eigenvalue weighted by Gasteiger charge is -2.06. The standard InChI is InChI=1S/C16H14ClN5OS/c17-12-1-4-14(5-2-12)24-8-7-16(23)21-13-3-6-15(19-9-13)22-11-18-10-20-22/h1-6,9-11H,7-8H2,(H,21,23). The van der Waals surface area contributed by atoms with Gasteiger partial charge in [-0.25, -0.2) is 14.6 Å². The van der Waals surface area contributed by atoms with E-state index in [2.05, 4.69) is 20.4 Å². The molecular weight excluding hydrogens is 346 g/mol. The molecule has 122 valence electrons. The molecule has 8 heteroatoms. The van der Waals surface area contributed by atoms with E-state index in [1.54, 1.807) is 41.1 Å². The third kappa shape index (κ3) is 4.56. The largest absolute Gasteiger partial charge is 0.325 e. The molecule has 0 aliphatic rings. The van der Waals surface area contributed by atoms with Gasteiger partial charge in [-0.3, -0.25) is 4.79 Å². The number of halogens is 1. The fraction of sp³-hybridized carbons (Fsp3) is 0.125. The smallest absolute Gasteiger partial charge is 0.225 e. The van der Waals surface area contributed by atoms with E-state index in [1.165, 1.54) is 6.33 Å². The molecule has 0 saturated carbocycles. The first-order chi connectivity index (χ1) is 11.7. The number of carbonyl (C=O) groups is 1. The summed E-state index contributed by atoms with van der Waals surface area (Å²) in [5.74, 6) is 1.29. The highest BCUT2D eigenvalue weighted by Gasteiger charge is 2.05. The Hall–Kier alpha value is -2.38. The maximum atomic E-state index is 12.0. The van der Waals surface area contributed by atoms with Crippen molar-refractivity contribution in [3.8, 4) is 5.82 Å². The summed E-state index contributed by atoms with van der Waals surface area (Å²) in [7, 11) is 0. The minimum atomic E-state index is -0.0493. The number of amides is 1. The maximum Gasteiger partial charge on any atom is 0.225 e. The summed E-state index contributed by atoms with van der Waals surface area (Å²) >= 11 is 7.46. The molecule has 6 nitrogen and oxygen atoms in total. The quantitative estimate of drug-likeness (QED) is 0.682. The molecule has 0 fully saturated rings. The molecule has 0 saturated heterocycles. The SMILES string of the molecule is O=C(CCSc1ccc(Cl)cc1)Nc1ccc(-n2cncn2)nc1. The summed E-state index contributed by atoms with van der Waals surface area (Å²) in [5, 5.41) is 7.53. The van der Waals surface area contributed by atoms with Crippen LogP contribution in [0.3, 0.4) is 0 Å². The molecule has 0 bridgehead atoms. The number of carbonyl (C=O) groups excluding carboxylic acids is 1. The Morgan fingerprint density at radius 2 is 2.04 bits per heavy atom. The van der Waals surface area contributed by atoms with E-state index in [1.807, 2.05) is 24.3 Å². The summed E-state index contributed by atoms with van der Waals surface area (Å²) in [6.07, 6.45) is 5.02. The first kappa shape index (κ1) is 16.5. The van der Waals surface area contributed by atoms with Gasteiger partial charge in [-0.1, -0.05) is 11.6 Å². The Kier molecular flexibility index (Phi) is 5.45. The lowest BCUT2D eigenvalue weighted by Crippen LogP contribution is -2.12. The van der Waals surface area contributed by atoms with Crippen LogP contribution < -0.4 is 5.32 Å². The molecule has 1 N–H and O–H groups in total. The second-order valence-electron chi connectivity index (χ2n) is 4.85. The Bertz CT molecular complexity index is 790. The molecule has 1 amide bonds. The summed E-state index contributed by atoms with van der Waals surface area (Å²) in [6, 6.07) is 11.1. The average Bonchev–Trinajstić information content (AvgIpc) is 3.12. The molecule has 0 atom stereocenters. The van der Waals surface area contributed by atoms with Crippen molar-refractivity contribution in [2.24, 2.45) is 0 Å². The summed E-state index contributed by atoms with van der Waals surface area (Å²) < 4.78 is 1.55. The Morgan fingerprint density at radius 3 is 2.71 bits per heavy atom. The van der Waals surface area contributed by atoms with Gasteiger partial charge in [0.15, 0.2) is 5.82 Å². The molecule has 0 aliphatic heterocycles. The van der Waals surface area contributed by atoms with Crippen LogP contribution in [0.5, 0.6) is 0 Å². The van der Waals surface area contributed by atoms with Crippen LogP contribution in [0.15, 0.2) is 60.1 Å². The molecule has 24 heavy (non-hydrogen) atoms. The van der Waals surface area contributed by atoms with Crippen LogP contribution in [0, 0.1) is 0 Å². The van der Waals surface area contributed by atoms with Crippen LogP contribution in [0.25, 0.3) is 5.82 Å². The highest BCUT2D eigenvalue weighted by Crippen LogP contribution is 2.21. The van der Waals surface area contributed by atoms with Gasteiger partial charge in [0.2, 0.25) is 5.91 Å². The van der Waals surface area contributed by atoms with E-state index in [-0.39, 0.29) is 5.91 Å². The number of benzene rings is 1. The van der Waals surface area contributed by atoms with Gasteiger partial charge in [0.05, 0.1) is 11.9 Å². The Labute approximate surface area is 148 Å². The number of nitrogens with zero attached hydrogens (tertiary/aromatic N) is 4. The molecule has 0 unspecified atom stereocenters. The molecule has 1 aromatic carbocycles. The lowest BCUT2D eigenvalue weighted by molar-refractivity contribution is -0.115. The van der Waals surface area contributed by atoms with Crippen LogP contribution in [0.4, 0.5) is 5.69 Å². The highest BCUT2D eigenvalue weighted by atomic mass is 35.5. The number of thioether (sulfide) groups is 1. The minimum Gasteiger partial charge on any atom is -0.325 e. The van der Waals surface area contributed by atoms with Crippen LogP contribution >= 0.6 is 23.4 Å². The van der Waals surface area contributed by atoms with E-state index in [0.29, 0.717) is 28.7 Å². The topological polar surface area (TPSA) is 72.7 Å². The fourth-order valence-corrected chi connectivity index (χ4v) is 2.92. The van der Waals surface area contributed by atoms with Crippen LogP contribution in [0.1, 0.15) is 6.42 Å². The molecule has 0 radical (unpaired) electrons. The van der Waals surface area contributed by atoms with Gasteiger partial charge in [-0.2, -0.15) is 5.10 Å².